The summed E-state index contributed by atoms with van der Waals surface area (Å²) in [6.45, 7) is 3.13. The molecular formula is C34H34BrN5O5. The van der Waals surface area contributed by atoms with Crippen LogP contribution in [0.3, 0.4) is 0 Å². The Morgan fingerprint density at radius 3 is 2.38 bits per heavy atom. The summed E-state index contributed by atoms with van der Waals surface area (Å²) in [6, 6.07) is 21.8. The van der Waals surface area contributed by atoms with Crippen LogP contribution < -0.4 is 30.5 Å². The molecule has 0 aromatic heterocycles. The number of hydrogen-bond donors (Lipinski definition) is 3. The van der Waals surface area contributed by atoms with E-state index in [-0.39, 0.29) is 36.7 Å². The molecule has 0 fully saturated rings. The van der Waals surface area contributed by atoms with Gasteiger partial charge in [0.15, 0.2) is 0 Å². The number of benzene rings is 4. The van der Waals surface area contributed by atoms with Gasteiger partial charge in [0, 0.05) is 28.2 Å². The van der Waals surface area contributed by atoms with Gasteiger partial charge in [0.1, 0.15) is 11.8 Å². The van der Waals surface area contributed by atoms with Crippen molar-refractivity contribution in [2.24, 2.45) is 0 Å². The molecule has 11 heteroatoms. The van der Waals surface area contributed by atoms with Gasteiger partial charge >= 0.3 is 0 Å². The summed E-state index contributed by atoms with van der Waals surface area (Å²) in [5.41, 5.74) is 2.73. The molecule has 3 N–H and O–H groups in total. The SMILES string of the molecule is CN[C@@H](C)C(=O)N[C@H]1CN(C(=O)c2ccc(NC(C)=O)cc2)c2ccccc2N(Cc2c(OC)ccc3cc(Br)ccc23)C1=O. The molecule has 2 atom stereocenters. The number of ether oxygens (including phenoxy) is 1. The van der Waals surface area contributed by atoms with Crippen LogP contribution in [-0.2, 0) is 20.9 Å². The Kier molecular flexibility index (Phi) is 9.50. The maximum Gasteiger partial charge on any atom is 0.258 e. The quantitative estimate of drug-likeness (QED) is 0.246. The second-order valence-corrected chi connectivity index (χ2v) is 11.7. The van der Waals surface area contributed by atoms with Crippen molar-refractivity contribution >= 4 is 67.4 Å². The van der Waals surface area contributed by atoms with E-state index >= 15 is 0 Å². The van der Waals surface area contributed by atoms with Gasteiger partial charge in [-0.05, 0) is 79.3 Å². The maximum absolute atomic E-state index is 14.5. The number of halogens is 1. The van der Waals surface area contributed by atoms with Gasteiger partial charge in [-0.3, -0.25) is 19.2 Å². The van der Waals surface area contributed by atoms with Gasteiger partial charge < -0.3 is 30.5 Å². The van der Waals surface area contributed by atoms with Crippen molar-refractivity contribution in [2.45, 2.75) is 32.5 Å². The summed E-state index contributed by atoms with van der Waals surface area (Å²) in [5, 5.41) is 10.3. The minimum Gasteiger partial charge on any atom is -0.496 e. The number of fused-ring (bicyclic) bond motifs is 2. The van der Waals surface area contributed by atoms with Gasteiger partial charge in [0.25, 0.3) is 11.8 Å². The number of nitrogens with one attached hydrogen (secondary N) is 3. The topological polar surface area (TPSA) is 120 Å². The third-order valence-electron chi connectivity index (χ3n) is 7.82. The van der Waals surface area contributed by atoms with Crippen LogP contribution in [0.1, 0.15) is 29.8 Å². The molecule has 0 radical (unpaired) electrons. The van der Waals surface area contributed by atoms with E-state index in [1.165, 1.54) is 11.8 Å². The number of rotatable bonds is 8. The average molecular weight is 673 g/mol. The molecule has 0 bridgehead atoms. The van der Waals surface area contributed by atoms with Gasteiger partial charge in [-0.1, -0.05) is 40.2 Å². The molecule has 1 aliphatic heterocycles. The molecule has 10 nitrogen and oxygen atoms in total. The summed E-state index contributed by atoms with van der Waals surface area (Å²) in [4.78, 5) is 56.3. The predicted octanol–water partition coefficient (Wildman–Crippen LogP) is 4.86. The molecule has 4 aromatic carbocycles. The van der Waals surface area contributed by atoms with E-state index in [0.29, 0.717) is 28.4 Å². The first-order valence-electron chi connectivity index (χ1n) is 14.4. The Morgan fingerprint density at radius 2 is 1.71 bits per heavy atom. The molecule has 0 unspecified atom stereocenters. The van der Waals surface area contributed by atoms with Crippen LogP contribution in [0.25, 0.3) is 10.8 Å². The number of para-hydroxylation sites is 2. The first-order valence-corrected chi connectivity index (χ1v) is 15.2. The third-order valence-corrected chi connectivity index (χ3v) is 8.31. The molecular weight excluding hydrogens is 638 g/mol. The molecule has 0 aliphatic carbocycles. The van der Waals surface area contributed by atoms with E-state index in [1.54, 1.807) is 68.4 Å². The number of hydrogen-bond acceptors (Lipinski definition) is 6. The molecule has 232 valence electrons. The standard InChI is InChI=1S/C34H34BrN5O5/c1-20(36-3)32(42)38-28-19-40(33(43)22-9-13-25(14-10-22)37-21(2)41)30-8-6-5-7-29(30)39(34(28)44)18-27-26-15-12-24(35)17-23(26)11-16-31(27)45-4/h5-17,20,28,36H,18-19H2,1-4H3,(H,37,41)(H,38,42)/t20-,28-/m0/s1. The Labute approximate surface area is 269 Å². The fourth-order valence-electron chi connectivity index (χ4n) is 5.39. The fraction of sp³-hybridized carbons (Fsp3) is 0.235. The van der Waals surface area contributed by atoms with Crippen LogP contribution in [0.5, 0.6) is 5.75 Å². The number of methoxy groups -OCH3 is 1. The Balaban J connectivity index is 1.62. The lowest BCUT2D eigenvalue weighted by Gasteiger charge is -2.27. The number of nitrogens with zero attached hydrogens (tertiary/aromatic N) is 2. The van der Waals surface area contributed by atoms with Crippen LogP contribution in [0.15, 0.2) is 83.3 Å². The van der Waals surface area contributed by atoms with Crippen molar-refractivity contribution in [3.05, 3.63) is 94.5 Å². The van der Waals surface area contributed by atoms with Crippen LogP contribution in [0.2, 0.25) is 0 Å². The number of carbonyl (C=O) groups excluding carboxylic acids is 4. The summed E-state index contributed by atoms with van der Waals surface area (Å²) in [7, 11) is 3.24. The van der Waals surface area contributed by atoms with E-state index in [0.717, 1.165) is 20.8 Å². The Morgan fingerprint density at radius 1 is 1.00 bits per heavy atom. The highest BCUT2D eigenvalue weighted by Crippen LogP contribution is 2.38. The minimum atomic E-state index is -1.06. The molecule has 0 saturated heterocycles. The van der Waals surface area contributed by atoms with E-state index in [4.69, 9.17) is 4.74 Å². The first kappa shape index (κ1) is 31.7. The van der Waals surface area contributed by atoms with Crippen molar-refractivity contribution in [1.29, 1.82) is 0 Å². The largest absolute Gasteiger partial charge is 0.496 e. The molecule has 0 spiro atoms. The zero-order valence-corrected chi connectivity index (χ0v) is 27.0. The molecule has 45 heavy (non-hydrogen) atoms. The van der Waals surface area contributed by atoms with Gasteiger partial charge in [0.05, 0.1) is 37.6 Å². The van der Waals surface area contributed by atoms with Crippen molar-refractivity contribution in [3.8, 4) is 5.75 Å². The molecule has 1 aliphatic rings. The van der Waals surface area contributed by atoms with Gasteiger partial charge in [-0.25, -0.2) is 0 Å². The van der Waals surface area contributed by atoms with E-state index in [2.05, 4.69) is 31.9 Å². The second kappa shape index (κ2) is 13.5. The number of anilines is 3. The zero-order chi connectivity index (χ0) is 32.2. The highest BCUT2D eigenvalue weighted by atomic mass is 79.9. The third kappa shape index (κ3) is 6.69. The molecule has 4 amide bonds. The summed E-state index contributed by atoms with van der Waals surface area (Å²) >= 11 is 3.54. The highest BCUT2D eigenvalue weighted by Gasteiger charge is 2.38. The lowest BCUT2D eigenvalue weighted by atomic mass is 10.0. The minimum absolute atomic E-state index is 0.0968. The maximum atomic E-state index is 14.5. The van der Waals surface area contributed by atoms with Crippen LogP contribution in [0, 0.1) is 0 Å². The van der Waals surface area contributed by atoms with Gasteiger partial charge in [0.2, 0.25) is 11.8 Å². The van der Waals surface area contributed by atoms with Crippen molar-refractivity contribution in [3.63, 3.8) is 0 Å². The van der Waals surface area contributed by atoms with Gasteiger partial charge in [-0.2, -0.15) is 0 Å². The molecule has 0 saturated carbocycles. The molecule has 4 aromatic rings. The molecule has 1 heterocycles. The average Bonchev–Trinajstić information content (AvgIpc) is 3.14. The van der Waals surface area contributed by atoms with E-state index in [1.807, 2.05) is 36.4 Å². The smallest absolute Gasteiger partial charge is 0.258 e. The first-order chi connectivity index (χ1) is 21.6. The number of carbonyl (C=O) groups is 4. The number of amides is 4. The van der Waals surface area contributed by atoms with Crippen LogP contribution in [-0.4, -0.2) is 56.4 Å². The number of likely N-dealkylation sites (N-methyl/N-ethyl adjacent to an activating group) is 1. The van der Waals surface area contributed by atoms with E-state index in [9.17, 15) is 19.2 Å². The monoisotopic (exact) mass is 671 g/mol. The fourth-order valence-corrected chi connectivity index (χ4v) is 5.77. The van der Waals surface area contributed by atoms with Crippen LogP contribution in [0.4, 0.5) is 17.1 Å². The Hall–Kier alpha value is -4.74. The summed E-state index contributed by atoms with van der Waals surface area (Å²) in [6.07, 6.45) is 0. The Bertz CT molecular complexity index is 1780. The zero-order valence-electron chi connectivity index (χ0n) is 25.4. The summed E-state index contributed by atoms with van der Waals surface area (Å²) < 4.78 is 6.67. The summed E-state index contributed by atoms with van der Waals surface area (Å²) in [5.74, 6) is -0.720. The predicted molar refractivity (Wildman–Crippen MR) is 179 cm³/mol. The second-order valence-electron chi connectivity index (χ2n) is 10.8. The van der Waals surface area contributed by atoms with Crippen molar-refractivity contribution < 1.29 is 23.9 Å². The normalized spacial score (nSPS) is 15.2. The lowest BCUT2D eigenvalue weighted by molar-refractivity contribution is -0.128. The van der Waals surface area contributed by atoms with Gasteiger partial charge in [-0.15, -0.1) is 0 Å². The van der Waals surface area contributed by atoms with Crippen molar-refractivity contribution in [1.82, 2.24) is 10.6 Å². The van der Waals surface area contributed by atoms with Crippen LogP contribution >= 0.6 is 15.9 Å². The molecule has 5 rings (SSSR count). The van der Waals surface area contributed by atoms with E-state index < -0.39 is 12.1 Å². The lowest BCUT2D eigenvalue weighted by Crippen LogP contribution is -2.55. The van der Waals surface area contributed by atoms with Crippen molar-refractivity contribution in [2.75, 3.05) is 35.8 Å². The highest BCUT2D eigenvalue weighted by molar-refractivity contribution is 9.10.